The van der Waals surface area contributed by atoms with Crippen LogP contribution in [0, 0.1) is 10.1 Å². The van der Waals surface area contributed by atoms with Crippen molar-refractivity contribution in [2.24, 2.45) is 5.73 Å². The molecule has 0 saturated heterocycles. The van der Waals surface area contributed by atoms with Crippen molar-refractivity contribution in [2.75, 3.05) is 0 Å². The van der Waals surface area contributed by atoms with E-state index in [1.807, 2.05) is 36.4 Å². The van der Waals surface area contributed by atoms with Gasteiger partial charge in [0, 0.05) is 29.0 Å². The molecule has 0 aromatic heterocycles. The number of carbonyl (C=O) groups excluding carboxylic acids is 1. The Morgan fingerprint density at radius 1 is 1.08 bits per heavy atom. The minimum absolute atomic E-state index is 0.0415. The average Bonchev–Trinajstić information content (AvgIpc) is 2.66. The molecule has 2 N–H and O–H groups in total. The van der Waals surface area contributed by atoms with Gasteiger partial charge in [-0.2, -0.15) is 0 Å². The standard InChI is InChI=1S/C20H14N2O4/c21-20(23)17-11-26-19-15-7-2-1-4-12(15)8-9-16(19)18(17)13-5-3-6-14(10-13)22(24)25/h1-11,18H,(H2,21,23). The lowest BCUT2D eigenvalue weighted by Crippen LogP contribution is -2.24. The smallest absolute Gasteiger partial charge is 0.269 e. The van der Waals surface area contributed by atoms with Crippen LogP contribution in [-0.4, -0.2) is 10.8 Å². The Hall–Kier alpha value is -3.67. The molecule has 3 aromatic rings. The summed E-state index contributed by atoms with van der Waals surface area (Å²) in [5.74, 6) is -0.523. The maximum absolute atomic E-state index is 12.0. The summed E-state index contributed by atoms with van der Waals surface area (Å²) in [4.78, 5) is 22.7. The second-order valence-electron chi connectivity index (χ2n) is 6.05. The van der Waals surface area contributed by atoms with Crippen molar-refractivity contribution < 1.29 is 14.5 Å². The Bertz CT molecular complexity index is 1090. The van der Waals surface area contributed by atoms with Gasteiger partial charge in [-0.05, 0) is 10.9 Å². The number of hydrogen-bond acceptors (Lipinski definition) is 4. The summed E-state index contributed by atoms with van der Waals surface area (Å²) in [6.45, 7) is 0. The summed E-state index contributed by atoms with van der Waals surface area (Å²) in [6.07, 6.45) is 1.35. The van der Waals surface area contributed by atoms with Gasteiger partial charge in [-0.1, -0.05) is 48.5 Å². The highest BCUT2D eigenvalue weighted by molar-refractivity contribution is 5.97. The van der Waals surface area contributed by atoms with E-state index in [4.69, 9.17) is 10.5 Å². The number of hydrogen-bond donors (Lipinski definition) is 1. The Balaban J connectivity index is 1.96. The third-order valence-corrected chi connectivity index (χ3v) is 4.53. The highest BCUT2D eigenvalue weighted by Crippen LogP contribution is 2.44. The molecule has 1 heterocycles. The molecule has 26 heavy (non-hydrogen) atoms. The van der Waals surface area contributed by atoms with Gasteiger partial charge in [0.1, 0.15) is 12.0 Å². The van der Waals surface area contributed by atoms with Gasteiger partial charge >= 0.3 is 0 Å². The molecule has 1 aliphatic rings. The molecule has 0 bridgehead atoms. The first kappa shape index (κ1) is 15.8. The van der Waals surface area contributed by atoms with Crippen molar-refractivity contribution >= 4 is 22.4 Å². The first-order valence-corrected chi connectivity index (χ1v) is 7.99. The quantitative estimate of drug-likeness (QED) is 0.578. The van der Waals surface area contributed by atoms with Crippen molar-refractivity contribution in [1.82, 2.24) is 0 Å². The number of nitro benzene ring substituents is 1. The minimum atomic E-state index is -0.625. The first-order valence-electron chi connectivity index (χ1n) is 7.99. The van der Waals surface area contributed by atoms with E-state index in [-0.39, 0.29) is 11.3 Å². The lowest BCUT2D eigenvalue weighted by atomic mass is 9.82. The number of fused-ring (bicyclic) bond motifs is 3. The summed E-state index contributed by atoms with van der Waals surface area (Å²) in [7, 11) is 0. The number of benzene rings is 3. The lowest BCUT2D eigenvalue weighted by molar-refractivity contribution is -0.384. The lowest BCUT2D eigenvalue weighted by Gasteiger charge is -2.26. The molecule has 0 radical (unpaired) electrons. The molecule has 0 aliphatic carbocycles. The monoisotopic (exact) mass is 346 g/mol. The van der Waals surface area contributed by atoms with Crippen molar-refractivity contribution in [2.45, 2.75) is 5.92 Å². The van der Waals surface area contributed by atoms with Crippen LogP contribution in [0.2, 0.25) is 0 Å². The Labute approximate surface area is 148 Å². The van der Waals surface area contributed by atoms with E-state index in [0.29, 0.717) is 11.3 Å². The highest BCUT2D eigenvalue weighted by atomic mass is 16.6. The molecular weight excluding hydrogens is 332 g/mol. The molecule has 1 unspecified atom stereocenters. The predicted molar refractivity (Wildman–Crippen MR) is 96.8 cm³/mol. The largest absolute Gasteiger partial charge is 0.463 e. The second kappa shape index (κ2) is 6.00. The van der Waals surface area contributed by atoms with Crippen LogP contribution in [0.3, 0.4) is 0 Å². The van der Waals surface area contributed by atoms with Crippen LogP contribution in [0.15, 0.2) is 72.5 Å². The molecule has 6 nitrogen and oxygen atoms in total. The Morgan fingerprint density at radius 2 is 1.88 bits per heavy atom. The molecule has 3 aromatic carbocycles. The summed E-state index contributed by atoms with van der Waals surface area (Å²) < 4.78 is 5.74. The molecule has 1 atom stereocenters. The molecule has 0 spiro atoms. The zero-order valence-electron chi connectivity index (χ0n) is 13.6. The third kappa shape index (κ3) is 2.48. The summed E-state index contributed by atoms with van der Waals surface area (Å²) >= 11 is 0. The van der Waals surface area contributed by atoms with E-state index < -0.39 is 16.7 Å². The molecule has 0 saturated carbocycles. The summed E-state index contributed by atoms with van der Waals surface area (Å²) in [6, 6.07) is 17.8. The Kier molecular flexibility index (Phi) is 3.65. The van der Waals surface area contributed by atoms with Crippen LogP contribution in [-0.2, 0) is 4.79 Å². The van der Waals surface area contributed by atoms with E-state index >= 15 is 0 Å². The van der Waals surface area contributed by atoms with Crippen LogP contribution < -0.4 is 10.5 Å². The second-order valence-corrected chi connectivity index (χ2v) is 6.05. The fourth-order valence-corrected chi connectivity index (χ4v) is 3.35. The SMILES string of the molecule is NC(=O)C1=COc2c(ccc3ccccc23)C1c1cccc([N+](=O)[O-])c1. The topological polar surface area (TPSA) is 95.5 Å². The van der Waals surface area contributed by atoms with Gasteiger partial charge in [0.05, 0.1) is 10.5 Å². The Morgan fingerprint density at radius 3 is 2.65 bits per heavy atom. The van der Waals surface area contributed by atoms with Crippen molar-refractivity contribution in [3.63, 3.8) is 0 Å². The summed E-state index contributed by atoms with van der Waals surface area (Å²) in [5.41, 5.74) is 7.12. The zero-order valence-corrected chi connectivity index (χ0v) is 13.6. The molecule has 1 amide bonds. The number of nitrogens with two attached hydrogens (primary N) is 1. The minimum Gasteiger partial charge on any atom is -0.463 e. The third-order valence-electron chi connectivity index (χ3n) is 4.53. The normalized spacial score (nSPS) is 15.7. The highest BCUT2D eigenvalue weighted by Gasteiger charge is 2.31. The fraction of sp³-hybridized carbons (Fsp3) is 0.0500. The molecule has 6 heteroatoms. The first-order chi connectivity index (χ1) is 12.6. The van der Waals surface area contributed by atoms with E-state index in [1.165, 1.54) is 18.4 Å². The number of carbonyl (C=O) groups is 1. The molecular formula is C20H14N2O4. The number of nitro groups is 1. The fourth-order valence-electron chi connectivity index (χ4n) is 3.35. The number of amides is 1. The van der Waals surface area contributed by atoms with Crippen molar-refractivity contribution in [3.8, 4) is 5.75 Å². The average molecular weight is 346 g/mol. The predicted octanol–water partition coefficient (Wildman–Crippen LogP) is 3.64. The van der Waals surface area contributed by atoms with Gasteiger partial charge in [0.25, 0.3) is 5.69 Å². The van der Waals surface area contributed by atoms with Gasteiger partial charge in [0.2, 0.25) is 5.91 Å². The van der Waals surface area contributed by atoms with E-state index in [9.17, 15) is 14.9 Å². The van der Waals surface area contributed by atoms with Crippen LogP contribution in [0.1, 0.15) is 17.0 Å². The van der Waals surface area contributed by atoms with E-state index in [2.05, 4.69) is 0 Å². The molecule has 0 fully saturated rings. The summed E-state index contributed by atoms with van der Waals surface area (Å²) in [5, 5.41) is 13.0. The molecule has 128 valence electrons. The van der Waals surface area contributed by atoms with Crippen LogP contribution in [0.4, 0.5) is 5.69 Å². The van der Waals surface area contributed by atoms with Gasteiger partial charge < -0.3 is 10.5 Å². The van der Waals surface area contributed by atoms with Gasteiger partial charge in [-0.25, -0.2) is 0 Å². The van der Waals surface area contributed by atoms with Gasteiger partial charge in [0.15, 0.2) is 0 Å². The van der Waals surface area contributed by atoms with Crippen LogP contribution in [0.25, 0.3) is 10.8 Å². The maximum atomic E-state index is 12.0. The molecule has 1 aliphatic heterocycles. The van der Waals surface area contributed by atoms with Crippen molar-refractivity contribution in [1.29, 1.82) is 0 Å². The number of nitrogens with zero attached hydrogens (tertiary/aromatic N) is 1. The number of non-ortho nitro benzene ring substituents is 1. The van der Waals surface area contributed by atoms with Crippen LogP contribution >= 0.6 is 0 Å². The van der Waals surface area contributed by atoms with E-state index in [0.717, 1.165) is 16.3 Å². The van der Waals surface area contributed by atoms with Gasteiger partial charge in [-0.3, -0.25) is 14.9 Å². The van der Waals surface area contributed by atoms with E-state index in [1.54, 1.807) is 12.1 Å². The maximum Gasteiger partial charge on any atom is 0.269 e. The van der Waals surface area contributed by atoms with Gasteiger partial charge in [-0.15, -0.1) is 0 Å². The zero-order chi connectivity index (χ0) is 18.3. The number of primary amides is 1. The number of rotatable bonds is 3. The molecule has 4 rings (SSSR count). The van der Waals surface area contributed by atoms with Crippen LogP contribution in [0.5, 0.6) is 5.75 Å². The number of ether oxygens (including phenoxy) is 1. The van der Waals surface area contributed by atoms with Crippen molar-refractivity contribution in [3.05, 3.63) is 93.7 Å².